The quantitative estimate of drug-likeness (QED) is 0.184. The van der Waals surface area contributed by atoms with E-state index in [2.05, 4.69) is 103 Å². The van der Waals surface area contributed by atoms with E-state index in [1.165, 1.54) is 43.4 Å². The van der Waals surface area contributed by atoms with E-state index in [0.717, 1.165) is 32.8 Å². The zero-order valence-electron chi connectivity index (χ0n) is 28.3. The van der Waals surface area contributed by atoms with Crippen molar-refractivity contribution in [2.24, 2.45) is 0 Å². The van der Waals surface area contributed by atoms with Crippen molar-refractivity contribution in [1.29, 1.82) is 0 Å². The Hall–Kier alpha value is -6.18. The number of rotatable bonds is 3. The van der Waals surface area contributed by atoms with Crippen LogP contribution in [0.25, 0.3) is 98.4 Å². The number of furan rings is 1. The van der Waals surface area contributed by atoms with Gasteiger partial charge in [-0.25, -0.2) is 0 Å². The van der Waals surface area contributed by atoms with Crippen LogP contribution in [-0.2, 0) is 0 Å². The van der Waals surface area contributed by atoms with Crippen molar-refractivity contribution in [3.05, 3.63) is 170 Å². The molecule has 0 saturated carbocycles. The summed E-state index contributed by atoms with van der Waals surface area (Å²) < 4.78 is 33.2. The summed E-state index contributed by atoms with van der Waals surface area (Å²) in [6, 6.07) is 52.6. The van der Waals surface area contributed by atoms with E-state index in [-0.39, 0.29) is 18.1 Å². The number of hydrogen-bond donors (Lipinski definition) is 0. The molecule has 218 valence electrons. The van der Waals surface area contributed by atoms with E-state index in [1.54, 1.807) is 0 Å². The standard InChI is InChI=1S/C46H28O/c1-3-14-33-29(11-1)13-9-21-36(33)44-39-18-7-5-16-37(39)43(38-17-6-8-19-40(38)44)32-25-23-31(24-26-32)35-20-10-22-41-45-34-15-4-2-12-30(34)27-28-42(45)47-46(35)41/h1-28H/i10D,20D,22D. The third kappa shape index (κ3) is 3.90. The summed E-state index contributed by atoms with van der Waals surface area (Å²) in [5.41, 5.74) is 7.10. The van der Waals surface area contributed by atoms with Crippen LogP contribution in [0.4, 0.5) is 0 Å². The van der Waals surface area contributed by atoms with Gasteiger partial charge in [-0.3, -0.25) is 0 Å². The largest absolute Gasteiger partial charge is 0.455 e. The van der Waals surface area contributed by atoms with Crippen molar-refractivity contribution in [1.82, 2.24) is 0 Å². The van der Waals surface area contributed by atoms with E-state index in [4.69, 9.17) is 8.53 Å². The SMILES string of the molecule is [2H]c1c([2H])c([2H])c2c(oc3ccc4ccccc4c32)c1-c1ccc(-c2c3ccccc3c(-c3cccc4ccccc34)c3ccccc23)cc1. The average Bonchev–Trinajstić information content (AvgIpc) is 3.56. The van der Waals surface area contributed by atoms with E-state index in [1.807, 2.05) is 48.5 Å². The van der Waals surface area contributed by atoms with Crippen molar-refractivity contribution >= 4 is 65.0 Å². The highest BCUT2D eigenvalue weighted by Crippen LogP contribution is 2.46. The first kappa shape index (κ1) is 23.2. The molecule has 0 radical (unpaired) electrons. The van der Waals surface area contributed by atoms with E-state index >= 15 is 0 Å². The fourth-order valence-electron chi connectivity index (χ4n) is 7.56. The van der Waals surface area contributed by atoms with Crippen molar-refractivity contribution in [3.8, 4) is 33.4 Å². The highest BCUT2D eigenvalue weighted by molar-refractivity contribution is 6.24. The van der Waals surface area contributed by atoms with Crippen molar-refractivity contribution in [2.75, 3.05) is 0 Å². The maximum absolute atomic E-state index is 9.02. The molecule has 9 aromatic carbocycles. The lowest BCUT2D eigenvalue weighted by atomic mass is 9.84. The zero-order valence-corrected chi connectivity index (χ0v) is 25.3. The Bertz CT molecular complexity index is 2950. The van der Waals surface area contributed by atoms with Crippen LogP contribution in [0.2, 0.25) is 0 Å². The molecule has 0 amide bonds. The smallest absolute Gasteiger partial charge is 0.143 e. The van der Waals surface area contributed by atoms with Crippen LogP contribution in [0.5, 0.6) is 0 Å². The van der Waals surface area contributed by atoms with Gasteiger partial charge in [0.2, 0.25) is 0 Å². The normalized spacial score (nSPS) is 12.7. The molecule has 0 fully saturated rings. The highest BCUT2D eigenvalue weighted by atomic mass is 16.3. The van der Waals surface area contributed by atoms with Crippen LogP contribution in [0.15, 0.2) is 174 Å². The molecule has 0 aliphatic carbocycles. The highest BCUT2D eigenvalue weighted by Gasteiger charge is 2.19. The van der Waals surface area contributed by atoms with E-state index in [0.29, 0.717) is 22.1 Å². The third-order valence-electron chi connectivity index (χ3n) is 9.63. The Kier molecular flexibility index (Phi) is 5.02. The average molecular weight is 600 g/mol. The fraction of sp³-hybridized carbons (Fsp3) is 0. The molecule has 1 heteroatoms. The van der Waals surface area contributed by atoms with Gasteiger partial charge < -0.3 is 4.42 Å². The van der Waals surface area contributed by atoms with Crippen LogP contribution in [0.3, 0.4) is 0 Å². The van der Waals surface area contributed by atoms with Crippen LogP contribution < -0.4 is 0 Å². The first-order valence-electron chi connectivity index (χ1n) is 17.4. The molecule has 0 unspecified atom stereocenters. The molecule has 0 aliphatic rings. The molecule has 0 saturated heterocycles. The molecule has 0 bridgehead atoms. The Morgan fingerprint density at radius 2 is 0.936 bits per heavy atom. The van der Waals surface area contributed by atoms with Gasteiger partial charge in [-0.05, 0) is 77.0 Å². The molecular weight excluding hydrogens is 569 g/mol. The van der Waals surface area contributed by atoms with Crippen molar-refractivity contribution in [3.63, 3.8) is 0 Å². The molecule has 10 aromatic rings. The second kappa shape index (κ2) is 10.2. The summed E-state index contributed by atoms with van der Waals surface area (Å²) >= 11 is 0. The van der Waals surface area contributed by atoms with Crippen molar-refractivity contribution < 1.29 is 8.53 Å². The maximum Gasteiger partial charge on any atom is 0.143 e. The first-order chi connectivity index (χ1) is 24.6. The monoisotopic (exact) mass is 599 g/mol. The predicted molar refractivity (Wildman–Crippen MR) is 200 cm³/mol. The van der Waals surface area contributed by atoms with E-state index < -0.39 is 0 Å². The lowest BCUT2D eigenvalue weighted by molar-refractivity contribution is 0.670. The Labute approximate surface area is 276 Å². The molecule has 47 heavy (non-hydrogen) atoms. The first-order valence-corrected chi connectivity index (χ1v) is 15.9. The van der Waals surface area contributed by atoms with Gasteiger partial charge in [-0.15, -0.1) is 0 Å². The summed E-state index contributed by atoms with van der Waals surface area (Å²) in [5.74, 6) is 0. The minimum atomic E-state index is -0.103. The van der Waals surface area contributed by atoms with Crippen LogP contribution in [-0.4, -0.2) is 0 Å². The van der Waals surface area contributed by atoms with Gasteiger partial charge in [0.15, 0.2) is 0 Å². The summed E-state index contributed by atoms with van der Waals surface area (Å²) in [4.78, 5) is 0. The topological polar surface area (TPSA) is 13.1 Å². The third-order valence-corrected chi connectivity index (χ3v) is 9.63. The molecule has 0 N–H and O–H groups in total. The molecule has 0 atom stereocenters. The fourth-order valence-corrected chi connectivity index (χ4v) is 7.56. The van der Waals surface area contributed by atoms with Gasteiger partial charge in [0, 0.05) is 16.3 Å². The number of hydrogen-bond acceptors (Lipinski definition) is 1. The second-order valence-corrected chi connectivity index (χ2v) is 12.2. The van der Waals surface area contributed by atoms with Crippen LogP contribution in [0.1, 0.15) is 4.11 Å². The van der Waals surface area contributed by atoms with Gasteiger partial charge in [0.25, 0.3) is 0 Å². The number of benzene rings is 9. The van der Waals surface area contributed by atoms with Gasteiger partial charge in [0.1, 0.15) is 11.2 Å². The summed E-state index contributed by atoms with van der Waals surface area (Å²) in [7, 11) is 0. The van der Waals surface area contributed by atoms with Crippen LogP contribution >= 0.6 is 0 Å². The molecule has 10 rings (SSSR count). The minimum Gasteiger partial charge on any atom is -0.455 e. The summed E-state index contributed by atoms with van der Waals surface area (Å²) in [6.45, 7) is 0. The molecule has 1 aromatic heterocycles. The summed E-state index contributed by atoms with van der Waals surface area (Å²) in [6.07, 6.45) is 0. The van der Waals surface area contributed by atoms with Crippen molar-refractivity contribution in [2.45, 2.75) is 0 Å². The second-order valence-electron chi connectivity index (χ2n) is 12.2. The Morgan fingerprint density at radius 1 is 0.383 bits per heavy atom. The van der Waals surface area contributed by atoms with Crippen LogP contribution in [0, 0.1) is 0 Å². The molecule has 1 heterocycles. The number of para-hydroxylation sites is 1. The zero-order chi connectivity index (χ0) is 33.5. The Morgan fingerprint density at radius 3 is 1.64 bits per heavy atom. The Balaban J connectivity index is 1.21. The van der Waals surface area contributed by atoms with Gasteiger partial charge in [-0.2, -0.15) is 0 Å². The van der Waals surface area contributed by atoms with Gasteiger partial charge in [-0.1, -0.05) is 164 Å². The lowest BCUT2D eigenvalue weighted by Crippen LogP contribution is -1.91. The van der Waals surface area contributed by atoms with E-state index in [9.17, 15) is 0 Å². The van der Waals surface area contributed by atoms with Gasteiger partial charge >= 0.3 is 0 Å². The maximum atomic E-state index is 9.02. The molecule has 0 spiro atoms. The summed E-state index contributed by atoms with van der Waals surface area (Å²) in [5, 5.41) is 10.6. The molecule has 0 aliphatic heterocycles. The lowest BCUT2D eigenvalue weighted by Gasteiger charge is -2.19. The number of fused-ring (bicyclic) bond motifs is 8. The predicted octanol–water partition coefficient (Wildman–Crippen LogP) is 13.2. The molecule has 1 nitrogen and oxygen atoms in total. The molecular formula is C46H28O. The minimum absolute atomic E-state index is 0.00560. The van der Waals surface area contributed by atoms with Gasteiger partial charge in [0.05, 0.1) is 4.11 Å².